The van der Waals surface area contributed by atoms with Crippen LogP contribution in [0.5, 0.6) is 0 Å². The van der Waals surface area contributed by atoms with Crippen LogP contribution in [0, 0.1) is 6.92 Å². The number of carbonyl (C=O) groups is 1. The van der Waals surface area contributed by atoms with E-state index in [0.29, 0.717) is 19.0 Å². The van der Waals surface area contributed by atoms with Gasteiger partial charge in [0.05, 0.1) is 6.54 Å². The molecule has 0 saturated carbocycles. The fourth-order valence-corrected chi connectivity index (χ4v) is 1.58. The van der Waals surface area contributed by atoms with E-state index in [-0.39, 0.29) is 5.78 Å². The summed E-state index contributed by atoms with van der Waals surface area (Å²) < 4.78 is 5.43. The van der Waals surface area contributed by atoms with Crippen LogP contribution in [0.15, 0.2) is 22.6 Å². The molecule has 0 aliphatic carbocycles. The minimum absolute atomic E-state index is 0.136. The standard InChI is InChI=1S/C12H14N2O2/c1-8(15)6-13-7-10-3-4-11-12(5-10)16-9(2)14-11/h3-5,13H,6-7H2,1-2H3. The minimum atomic E-state index is 0.136. The Labute approximate surface area is 93.7 Å². The first kappa shape index (κ1) is 10.8. The average molecular weight is 218 g/mol. The van der Waals surface area contributed by atoms with E-state index < -0.39 is 0 Å². The molecule has 0 amide bonds. The van der Waals surface area contributed by atoms with Crippen molar-refractivity contribution in [2.24, 2.45) is 0 Å². The van der Waals surface area contributed by atoms with Gasteiger partial charge < -0.3 is 9.73 Å². The Balaban J connectivity index is 2.10. The predicted molar refractivity (Wildman–Crippen MR) is 61.1 cm³/mol. The van der Waals surface area contributed by atoms with Gasteiger partial charge in [0.25, 0.3) is 0 Å². The van der Waals surface area contributed by atoms with Crippen LogP contribution >= 0.6 is 0 Å². The van der Waals surface area contributed by atoms with Crippen molar-refractivity contribution in [1.29, 1.82) is 0 Å². The normalized spacial score (nSPS) is 10.9. The summed E-state index contributed by atoms with van der Waals surface area (Å²) in [5.74, 6) is 0.806. The van der Waals surface area contributed by atoms with Gasteiger partial charge >= 0.3 is 0 Å². The molecule has 2 aromatic rings. The summed E-state index contributed by atoms with van der Waals surface area (Å²) in [4.78, 5) is 15.0. The highest BCUT2D eigenvalue weighted by atomic mass is 16.3. The molecule has 0 saturated heterocycles. The molecule has 0 unspecified atom stereocenters. The molecule has 0 radical (unpaired) electrons. The van der Waals surface area contributed by atoms with Crippen molar-refractivity contribution >= 4 is 16.9 Å². The molecule has 0 aliphatic heterocycles. The third-order valence-corrected chi connectivity index (χ3v) is 2.26. The lowest BCUT2D eigenvalue weighted by molar-refractivity contribution is -0.116. The Hall–Kier alpha value is -1.68. The van der Waals surface area contributed by atoms with Crippen LogP contribution in [0.1, 0.15) is 18.4 Å². The van der Waals surface area contributed by atoms with E-state index in [2.05, 4.69) is 10.3 Å². The molecule has 0 bridgehead atoms. The lowest BCUT2D eigenvalue weighted by atomic mass is 10.2. The third-order valence-electron chi connectivity index (χ3n) is 2.26. The number of aromatic nitrogens is 1. The number of nitrogens with one attached hydrogen (secondary N) is 1. The Morgan fingerprint density at radius 1 is 1.50 bits per heavy atom. The van der Waals surface area contributed by atoms with Crippen LogP contribution in [-0.2, 0) is 11.3 Å². The average Bonchev–Trinajstić information content (AvgIpc) is 2.56. The number of aryl methyl sites for hydroxylation is 1. The van der Waals surface area contributed by atoms with Crippen molar-refractivity contribution in [3.05, 3.63) is 29.7 Å². The second kappa shape index (κ2) is 4.45. The molecule has 0 spiro atoms. The molecule has 0 fully saturated rings. The highest BCUT2D eigenvalue weighted by Gasteiger charge is 2.03. The fraction of sp³-hybridized carbons (Fsp3) is 0.333. The zero-order valence-corrected chi connectivity index (χ0v) is 9.41. The number of Topliss-reactive ketones (excluding diaryl/α,β-unsaturated/α-hetero) is 1. The molecule has 1 N–H and O–H groups in total. The maximum Gasteiger partial charge on any atom is 0.192 e. The lowest BCUT2D eigenvalue weighted by Gasteiger charge is -2.01. The van der Waals surface area contributed by atoms with E-state index in [0.717, 1.165) is 16.7 Å². The number of benzene rings is 1. The summed E-state index contributed by atoms with van der Waals surface area (Å²) in [7, 11) is 0. The maximum absolute atomic E-state index is 10.8. The van der Waals surface area contributed by atoms with Gasteiger partial charge in [-0.1, -0.05) is 6.07 Å². The van der Waals surface area contributed by atoms with Crippen molar-refractivity contribution in [2.45, 2.75) is 20.4 Å². The zero-order chi connectivity index (χ0) is 11.5. The summed E-state index contributed by atoms with van der Waals surface area (Å²) >= 11 is 0. The monoisotopic (exact) mass is 218 g/mol. The van der Waals surface area contributed by atoms with Gasteiger partial charge in [-0.15, -0.1) is 0 Å². The maximum atomic E-state index is 10.8. The third kappa shape index (κ3) is 2.46. The van der Waals surface area contributed by atoms with Gasteiger partial charge in [0, 0.05) is 13.5 Å². The molecule has 0 atom stereocenters. The van der Waals surface area contributed by atoms with Crippen LogP contribution in [0.3, 0.4) is 0 Å². The second-order valence-corrected chi connectivity index (χ2v) is 3.84. The van der Waals surface area contributed by atoms with Gasteiger partial charge in [-0.25, -0.2) is 4.98 Å². The van der Waals surface area contributed by atoms with Gasteiger partial charge in [0.1, 0.15) is 11.3 Å². The molecule has 0 aliphatic rings. The van der Waals surface area contributed by atoms with E-state index in [9.17, 15) is 4.79 Å². The smallest absolute Gasteiger partial charge is 0.192 e. The van der Waals surface area contributed by atoms with Crippen molar-refractivity contribution < 1.29 is 9.21 Å². The zero-order valence-electron chi connectivity index (χ0n) is 9.41. The van der Waals surface area contributed by atoms with Gasteiger partial charge in [-0.2, -0.15) is 0 Å². The molecule has 2 rings (SSSR count). The Kier molecular flexibility index (Phi) is 3.01. The minimum Gasteiger partial charge on any atom is -0.441 e. The molecule has 16 heavy (non-hydrogen) atoms. The number of ketones is 1. The molecule has 1 aromatic carbocycles. The van der Waals surface area contributed by atoms with Crippen LogP contribution < -0.4 is 5.32 Å². The van der Waals surface area contributed by atoms with Gasteiger partial charge in [0.15, 0.2) is 11.5 Å². The van der Waals surface area contributed by atoms with E-state index >= 15 is 0 Å². The number of hydrogen-bond donors (Lipinski definition) is 1. The van der Waals surface area contributed by atoms with Gasteiger partial charge in [-0.05, 0) is 24.6 Å². The molecule has 1 heterocycles. The number of rotatable bonds is 4. The second-order valence-electron chi connectivity index (χ2n) is 3.84. The number of nitrogens with zero attached hydrogens (tertiary/aromatic N) is 1. The van der Waals surface area contributed by atoms with Crippen LogP contribution in [-0.4, -0.2) is 17.3 Å². The first-order valence-electron chi connectivity index (χ1n) is 5.21. The predicted octanol–water partition coefficient (Wildman–Crippen LogP) is 1.81. The van der Waals surface area contributed by atoms with Crippen molar-refractivity contribution in [3.63, 3.8) is 0 Å². The molecule has 84 valence electrons. The molecule has 4 heteroatoms. The summed E-state index contributed by atoms with van der Waals surface area (Å²) in [6.07, 6.45) is 0. The molecular weight excluding hydrogens is 204 g/mol. The van der Waals surface area contributed by atoms with Gasteiger partial charge in [-0.3, -0.25) is 4.79 Å². The molecule has 4 nitrogen and oxygen atoms in total. The topological polar surface area (TPSA) is 55.1 Å². The van der Waals surface area contributed by atoms with Crippen molar-refractivity contribution in [1.82, 2.24) is 10.3 Å². The molecular formula is C12H14N2O2. The Bertz CT molecular complexity index is 517. The van der Waals surface area contributed by atoms with Gasteiger partial charge in [0.2, 0.25) is 0 Å². The Morgan fingerprint density at radius 3 is 3.06 bits per heavy atom. The fourth-order valence-electron chi connectivity index (χ4n) is 1.58. The number of fused-ring (bicyclic) bond motifs is 1. The summed E-state index contributed by atoms with van der Waals surface area (Å²) in [6, 6.07) is 5.86. The van der Waals surface area contributed by atoms with E-state index in [1.807, 2.05) is 25.1 Å². The van der Waals surface area contributed by atoms with Crippen molar-refractivity contribution in [2.75, 3.05) is 6.54 Å². The number of hydrogen-bond acceptors (Lipinski definition) is 4. The summed E-state index contributed by atoms with van der Waals surface area (Å²) in [5.41, 5.74) is 2.75. The van der Waals surface area contributed by atoms with Crippen LogP contribution in [0.2, 0.25) is 0 Å². The van der Waals surface area contributed by atoms with Crippen molar-refractivity contribution in [3.8, 4) is 0 Å². The Morgan fingerprint density at radius 2 is 2.31 bits per heavy atom. The van der Waals surface area contributed by atoms with E-state index in [4.69, 9.17) is 4.42 Å². The largest absolute Gasteiger partial charge is 0.441 e. The molecule has 1 aromatic heterocycles. The highest BCUT2D eigenvalue weighted by Crippen LogP contribution is 2.16. The van der Waals surface area contributed by atoms with E-state index in [1.165, 1.54) is 0 Å². The highest BCUT2D eigenvalue weighted by molar-refractivity contribution is 5.77. The number of carbonyl (C=O) groups excluding carboxylic acids is 1. The van der Waals surface area contributed by atoms with Crippen LogP contribution in [0.25, 0.3) is 11.1 Å². The summed E-state index contributed by atoms with van der Waals surface area (Å²) in [6.45, 7) is 4.45. The lowest BCUT2D eigenvalue weighted by Crippen LogP contribution is -2.20. The van der Waals surface area contributed by atoms with E-state index in [1.54, 1.807) is 6.92 Å². The quantitative estimate of drug-likeness (QED) is 0.850. The first-order chi connectivity index (χ1) is 7.65. The van der Waals surface area contributed by atoms with Crippen LogP contribution in [0.4, 0.5) is 0 Å². The first-order valence-corrected chi connectivity index (χ1v) is 5.21. The number of oxazole rings is 1. The SMILES string of the molecule is CC(=O)CNCc1ccc2nc(C)oc2c1. The summed E-state index contributed by atoms with van der Waals surface area (Å²) in [5, 5.41) is 3.06.